The highest BCUT2D eigenvalue weighted by atomic mass is 35.5. The molecule has 0 unspecified atom stereocenters. The number of hydrogen-bond donors (Lipinski definition) is 1. The van der Waals surface area contributed by atoms with Gasteiger partial charge in [0.05, 0.1) is 0 Å². The number of anilines is 2. The lowest BCUT2D eigenvalue weighted by Gasteiger charge is -2.31. The molecule has 1 fully saturated rings. The maximum atomic E-state index is 12.3. The normalized spacial score (nSPS) is 15.4. The van der Waals surface area contributed by atoms with Crippen molar-refractivity contribution in [3.05, 3.63) is 46.2 Å². The van der Waals surface area contributed by atoms with Crippen LogP contribution in [0.2, 0.25) is 10.0 Å². The summed E-state index contributed by atoms with van der Waals surface area (Å²) in [5.74, 6) is 1.72. The number of piperidine rings is 1. The van der Waals surface area contributed by atoms with Gasteiger partial charge in [-0.3, -0.25) is 4.79 Å². The predicted octanol–water partition coefficient (Wildman–Crippen LogP) is 4.27. The van der Waals surface area contributed by atoms with E-state index < -0.39 is 0 Å². The van der Waals surface area contributed by atoms with Crippen molar-refractivity contribution in [2.24, 2.45) is 5.92 Å². The molecule has 0 saturated carbocycles. The van der Waals surface area contributed by atoms with E-state index in [1.807, 2.05) is 0 Å². The van der Waals surface area contributed by atoms with E-state index in [9.17, 15) is 4.79 Å². The van der Waals surface area contributed by atoms with Gasteiger partial charge in [0, 0.05) is 34.8 Å². The van der Waals surface area contributed by atoms with Crippen LogP contribution >= 0.6 is 23.2 Å². The van der Waals surface area contributed by atoms with E-state index in [-0.39, 0.29) is 5.91 Å². The van der Waals surface area contributed by atoms with Crippen LogP contribution in [-0.2, 0) is 0 Å². The van der Waals surface area contributed by atoms with E-state index in [1.54, 1.807) is 24.3 Å². The zero-order valence-corrected chi connectivity index (χ0v) is 14.8. The van der Waals surface area contributed by atoms with Crippen LogP contribution in [0.15, 0.2) is 30.6 Å². The minimum Gasteiger partial charge on any atom is -0.356 e. The van der Waals surface area contributed by atoms with Crippen LogP contribution in [0.4, 0.5) is 11.6 Å². The van der Waals surface area contributed by atoms with E-state index in [0.717, 1.165) is 37.7 Å². The molecular weight excluding hydrogens is 347 g/mol. The van der Waals surface area contributed by atoms with E-state index >= 15 is 0 Å². The number of benzene rings is 1. The Kier molecular flexibility index (Phi) is 5.21. The quantitative estimate of drug-likeness (QED) is 0.883. The molecule has 1 aliphatic heterocycles. The fourth-order valence-corrected chi connectivity index (χ4v) is 3.23. The summed E-state index contributed by atoms with van der Waals surface area (Å²) in [6, 6.07) is 6.51. The van der Waals surface area contributed by atoms with Crippen LogP contribution in [0.3, 0.4) is 0 Å². The van der Waals surface area contributed by atoms with E-state index in [1.165, 1.54) is 6.33 Å². The maximum absolute atomic E-state index is 12.3. The van der Waals surface area contributed by atoms with E-state index in [0.29, 0.717) is 21.4 Å². The molecule has 0 atom stereocenters. The zero-order valence-electron chi connectivity index (χ0n) is 13.3. The molecule has 1 aliphatic rings. The number of hydrogen-bond acceptors (Lipinski definition) is 4. The molecule has 0 aliphatic carbocycles. The summed E-state index contributed by atoms with van der Waals surface area (Å²) < 4.78 is 0. The van der Waals surface area contributed by atoms with Crippen LogP contribution in [0, 0.1) is 5.92 Å². The number of amides is 1. The average molecular weight is 365 g/mol. The molecule has 7 heteroatoms. The molecule has 0 spiro atoms. The van der Waals surface area contributed by atoms with E-state index in [4.69, 9.17) is 23.2 Å². The van der Waals surface area contributed by atoms with Gasteiger partial charge in [0.2, 0.25) is 0 Å². The Morgan fingerprint density at radius 3 is 2.46 bits per heavy atom. The fraction of sp³-hybridized carbons (Fsp3) is 0.353. The Morgan fingerprint density at radius 2 is 1.79 bits per heavy atom. The van der Waals surface area contributed by atoms with Gasteiger partial charge < -0.3 is 10.2 Å². The molecule has 5 nitrogen and oxygen atoms in total. The smallest absolute Gasteiger partial charge is 0.256 e. The molecule has 24 heavy (non-hydrogen) atoms. The van der Waals surface area contributed by atoms with Crippen LogP contribution in [-0.4, -0.2) is 29.0 Å². The molecule has 1 saturated heterocycles. The highest BCUT2D eigenvalue weighted by Gasteiger charge is 2.18. The molecule has 2 heterocycles. The average Bonchev–Trinajstić information content (AvgIpc) is 2.55. The second-order valence-corrected chi connectivity index (χ2v) is 6.92. The molecule has 1 aromatic carbocycles. The topological polar surface area (TPSA) is 58.1 Å². The monoisotopic (exact) mass is 364 g/mol. The third-order valence-electron chi connectivity index (χ3n) is 4.13. The second kappa shape index (κ2) is 7.36. The number of nitrogens with zero attached hydrogens (tertiary/aromatic N) is 3. The molecule has 1 aromatic heterocycles. The fourth-order valence-electron chi connectivity index (χ4n) is 2.70. The van der Waals surface area contributed by atoms with Gasteiger partial charge in [-0.05, 0) is 37.0 Å². The van der Waals surface area contributed by atoms with Gasteiger partial charge in [0.1, 0.15) is 18.0 Å². The highest BCUT2D eigenvalue weighted by molar-refractivity contribution is 6.35. The highest BCUT2D eigenvalue weighted by Crippen LogP contribution is 2.23. The first kappa shape index (κ1) is 17.0. The summed E-state index contributed by atoms with van der Waals surface area (Å²) in [5, 5.41) is 3.60. The van der Waals surface area contributed by atoms with Crippen molar-refractivity contribution < 1.29 is 4.79 Å². The molecule has 3 rings (SSSR count). The largest absolute Gasteiger partial charge is 0.356 e. The summed E-state index contributed by atoms with van der Waals surface area (Å²) in [5.41, 5.74) is 0.388. The van der Waals surface area contributed by atoms with Crippen molar-refractivity contribution in [3.8, 4) is 0 Å². The van der Waals surface area contributed by atoms with Crippen LogP contribution in [0.25, 0.3) is 0 Å². The second-order valence-electron chi connectivity index (χ2n) is 6.04. The van der Waals surface area contributed by atoms with Crippen molar-refractivity contribution in [3.63, 3.8) is 0 Å². The number of aromatic nitrogens is 2. The van der Waals surface area contributed by atoms with Crippen molar-refractivity contribution in [2.45, 2.75) is 19.8 Å². The minimum absolute atomic E-state index is 0.309. The Morgan fingerprint density at radius 1 is 1.12 bits per heavy atom. The molecule has 1 N–H and O–H groups in total. The maximum Gasteiger partial charge on any atom is 0.256 e. The molecule has 0 bridgehead atoms. The third-order valence-corrected chi connectivity index (χ3v) is 4.56. The summed E-state index contributed by atoms with van der Waals surface area (Å²) >= 11 is 11.9. The minimum atomic E-state index is -0.309. The van der Waals surface area contributed by atoms with Crippen LogP contribution < -0.4 is 10.2 Å². The molecule has 126 valence electrons. The lowest BCUT2D eigenvalue weighted by molar-refractivity contribution is 0.102. The number of carbonyl (C=O) groups excluding carboxylic acids is 1. The van der Waals surface area contributed by atoms with Crippen LogP contribution in [0.1, 0.15) is 30.1 Å². The Labute approximate surface area is 151 Å². The van der Waals surface area contributed by atoms with Gasteiger partial charge in [-0.25, -0.2) is 9.97 Å². The molecule has 0 radical (unpaired) electrons. The van der Waals surface area contributed by atoms with Gasteiger partial charge in [-0.15, -0.1) is 0 Å². The summed E-state index contributed by atoms with van der Waals surface area (Å²) in [4.78, 5) is 23.0. The Balaban J connectivity index is 1.73. The van der Waals surface area contributed by atoms with Gasteiger partial charge in [-0.2, -0.15) is 0 Å². The van der Waals surface area contributed by atoms with Gasteiger partial charge in [-0.1, -0.05) is 30.1 Å². The van der Waals surface area contributed by atoms with Crippen LogP contribution in [0.5, 0.6) is 0 Å². The SMILES string of the molecule is CC1CCN(c2cc(NC(=O)c3cc(Cl)cc(Cl)c3)ncn2)CC1. The number of nitrogens with one attached hydrogen (secondary N) is 1. The lowest BCUT2D eigenvalue weighted by Crippen LogP contribution is -2.33. The van der Waals surface area contributed by atoms with Gasteiger partial charge in [0.25, 0.3) is 5.91 Å². The Hall–Kier alpha value is -1.85. The Bertz CT molecular complexity index is 725. The zero-order chi connectivity index (χ0) is 17.1. The predicted molar refractivity (Wildman–Crippen MR) is 97.1 cm³/mol. The van der Waals surface area contributed by atoms with Crippen molar-refractivity contribution >= 4 is 40.7 Å². The first-order valence-corrected chi connectivity index (χ1v) is 8.61. The van der Waals surface area contributed by atoms with E-state index in [2.05, 4.69) is 27.1 Å². The van der Waals surface area contributed by atoms with Crippen molar-refractivity contribution in [1.82, 2.24) is 9.97 Å². The number of rotatable bonds is 3. The van der Waals surface area contributed by atoms with Crippen molar-refractivity contribution in [1.29, 1.82) is 0 Å². The standard InChI is InChI=1S/C17H18Cl2N4O/c1-11-2-4-23(5-3-11)16-9-15(20-10-21-16)22-17(24)12-6-13(18)8-14(19)7-12/h6-11H,2-5H2,1H3,(H,20,21,22,24). The summed E-state index contributed by atoms with van der Waals surface area (Å²) in [6.45, 7) is 4.20. The number of halogens is 2. The summed E-state index contributed by atoms with van der Waals surface area (Å²) in [6.07, 6.45) is 3.76. The van der Waals surface area contributed by atoms with Gasteiger partial charge in [0.15, 0.2) is 0 Å². The van der Waals surface area contributed by atoms with Gasteiger partial charge >= 0.3 is 0 Å². The van der Waals surface area contributed by atoms with Crippen molar-refractivity contribution in [2.75, 3.05) is 23.3 Å². The third kappa shape index (κ3) is 4.16. The first-order chi connectivity index (χ1) is 11.5. The summed E-state index contributed by atoms with van der Waals surface area (Å²) in [7, 11) is 0. The first-order valence-electron chi connectivity index (χ1n) is 7.86. The molecular formula is C17H18Cl2N4O. The molecule has 1 amide bonds. The lowest BCUT2D eigenvalue weighted by atomic mass is 9.99. The molecule has 2 aromatic rings. The number of carbonyl (C=O) groups is 1.